The summed E-state index contributed by atoms with van der Waals surface area (Å²) in [5.41, 5.74) is 2.18. The molecule has 0 fully saturated rings. The second kappa shape index (κ2) is 6.23. The predicted octanol–water partition coefficient (Wildman–Crippen LogP) is 3.44. The van der Waals surface area contributed by atoms with E-state index >= 15 is 0 Å². The zero-order valence-electron chi connectivity index (χ0n) is 13.7. The summed E-state index contributed by atoms with van der Waals surface area (Å²) in [6, 6.07) is 12.0. The third kappa shape index (κ3) is 2.90. The number of nitrogens with zero attached hydrogens (tertiary/aromatic N) is 1. The summed E-state index contributed by atoms with van der Waals surface area (Å²) >= 11 is 0. The second-order valence-electron chi connectivity index (χ2n) is 5.70. The number of carbonyl (C=O) groups is 1. The first-order valence-corrected chi connectivity index (χ1v) is 7.60. The second-order valence-corrected chi connectivity index (χ2v) is 5.70. The average molecular weight is 326 g/mol. The Morgan fingerprint density at radius 2 is 2.00 bits per heavy atom. The summed E-state index contributed by atoms with van der Waals surface area (Å²) in [6.45, 7) is 3.82. The number of fused-ring (bicyclic) bond motifs is 1. The van der Waals surface area contributed by atoms with Gasteiger partial charge in [-0.1, -0.05) is 6.07 Å². The smallest absolute Gasteiger partial charge is 0.420 e. The highest BCUT2D eigenvalue weighted by Crippen LogP contribution is 2.22. The monoisotopic (exact) mass is 326 g/mol. The van der Waals surface area contributed by atoms with Gasteiger partial charge < -0.3 is 14.5 Å². The first-order chi connectivity index (χ1) is 11.5. The molecule has 1 heterocycles. The fourth-order valence-electron chi connectivity index (χ4n) is 2.57. The number of amides is 1. The van der Waals surface area contributed by atoms with Crippen molar-refractivity contribution in [1.29, 1.82) is 0 Å². The van der Waals surface area contributed by atoms with Crippen molar-refractivity contribution in [2.24, 2.45) is 0 Å². The Kier molecular flexibility index (Phi) is 4.12. The van der Waals surface area contributed by atoms with Crippen LogP contribution < -0.4 is 15.8 Å². The van der Waals surface area contributed by atoms with Crippen LogP contribution in [-0.4, -0.2) is 17.6 Å². The molecule has 0 radical (unpaired) electrons. The van der Waals surface area contributed by atoms with Crippen molar-refractivity contribution in [3.63, 3.8) is 0 Å². The maximum absolute atomic E-state index is 12.3. The van der Waals surface area contributed by atoms with Gasteiger partial charge in [0, 0.05) is 23.4 Å². The fraction of sp³-hybridized carbons (Fsp3) is 0.222. The van der Waals surface area contributed by atoms with Crippen LogP contribution in [0.3, 0.4) is 0 Å². The summed E-state index contributed by atoms with van der Waals surface area (Å²) in [6.07, 6.45) is 0. The molecule has 3 rings (SSSR count). The van der Waals surface area contributed by atoms with E-state index in [0.29, 0.717) is 28.1 Å². The molecule has 0 unspecified atom stereocenters. The molecule has 1 aromatic heterocycles. The largest absolute Gasteiger partial charge is 0.497 e. The number of anilines is 1. The van der Waals surface area contributed by atoms with E-state index in [1.165, 1.54) is 0 Å². The molecule has 0 aliphatic rings. The molecule has 0 aliphatic carbocycles. The summed E-state index contributed by atoms with van der Waals surface area (Å²) in [4.78, 5) is 24.2. The average Bonchev–Trinajstić information content (AvgIpc) is 2.90. The molecule has 1 amide bonds. The number of aromatic nitrogens is 1. The first kappa shape index (κ1) is 15.9. The van der Waals surface area contributed by atoms with Crippen LogP contribution in [0.4, 0.5) is 5.69 Å². The number of methoxy groups -OCH3 is 1. The van der Waals surface area contributed by atoms with Crippen molar-refractivity contribution < 1.29 is 13.9 Å². The van der Waals surface area contributed by atoms with Crippen LogP contribution in [0.5, 0.6) is 5.75 Å². The van der Waals surface area contributed by atoms with Gasteiger partial charge in [0.05, 0.1) is 12.6 Å². The van der Waals surface area contributed by atoms with E-state index in [2.05, 4.69) is 5.32 Å². The van der Waals surface area contributed by atoms with Crippen LogP contribution in [0.1, 0.15) is 30.2 Å². The number of benzene rings is 2. The topological polar surface area (TPSA) is 73.5 Å². The fourth-order valence-corrected chi connectivity index (χ4v) is 2.57. The van der Waals surface area contributed by atoms with Gasteiger partial charge in [-0.05, 0) is 44.2 Å². The lowest BCUT2D eigenvalue weighted by molar-refractivity contribution is 0.102. The van der Waals surface area contributed by atoms with Crippen LogP contribution in [0.15, 0.2) is 51.7 Å². The molecule has 0 bridgehead atoms. The van der Waals surface area contributed by atoms with Gasteiger partial charge >= 0.3 is 5.76 Å². The molecule has 6 heteroatoms. The highest BCUT2D eigenvalue weighted by Gasteiger charge is 2.13. The molecule has 0 spiro atoms. The third-order valence-electron chi connectivity index (χ3n) is 3.72. The molecule has 0 saturated carbocycles. The summed E-state index contributed by atoms with van der Waals surface area (Å²) < 4.78 is 12.0. The number of carbonyl (C=O) groups excluding carboxylic acids is 1. The van der Waals surface area contributed by atoms with E-state index in [1.54, 1.807) is 54.1 Å². The highest BCUT2D eigenvalue weighted by molar-refractivity contribution is 6.05. The van der Waals surface area contributed by atoms with Crippen molar-refractivity contribution in [1.82, 2.24) is 4.57 Å². The van der Waals surface area contributed by atoms with Crippen LogP contribution in [-0.2, 0) is 0 Å². The van der Waals surface area contributed by atoms with Crippen molar-refractivity contribution in [2.45, 2.75) is 19.9 Å². The molecule has 2 aromatic carbocycles. The van der Waals surface area contributed by atoms with Gasteiger partial charge in [-0.3, -0.25) is 9.36 Å². The van der Waals surface area contributed by atoms with E-state index in [4.69, 9.17) is 9.15 Å². The SMILES string of the molecule is COc1cccc(C(=O)Nc2ccc3c(c2)oc(=O)n3C(C)C)c1. The van der Waals surface area contributed by atoms with E-state index in [0.717, 1.165) is 0 Å². The van der Waals surface area contributed by atoms with Gasteiger partial charge in [-0.25, -0.2) is 4.79 Å². The molecule has 1 N–H and O–H groups in total. The lowest BCUT2D eigenvalue weighted by atomic mass is 10.2. The van der Waals surface area contributed by atoms with E-state index in [1.807, 2.05) is 13.8 Å². The Bertz CT molecular complexity index is 953. The summed E-state index contributed by atoms with van der Waals surface area (Å²) in [5.74, 6) is -0.0618. The lowest BCUT2D eigenvalue weighted by Gasteiger charge is -2.08. The molecule has 6 nitrogen and oxygen atoms in total. The zero-order valence-corrected chi connectivity index (χ0v) is 13.7. The van der Waals surface area contributed by atoms with Gasteiger partial charge in [0.25, 0.3) is 5.91 Å². The van der Waals surface area contributed by atoms with E-state index in [9.17, 15) is 9.59 Å². The number of hydrogen-bond acceptors (Lipinski definition) is 4. The lowest BCUT2D eigenvalue weighted by Crippen LogP contribution is -2.15. The number of rotatable bonds is 4. The Balaban J connectivity index is 1.90. The van der Waals surface area contributed by atoms with Crippen LogP contribution >= 0.6 is 0 Å². The standard InChI is InChI=1S/C18H18N2O4/c1-11(2)20-15-8-7-13(10-16(15)24-18(20)22)19-17(21)12-5-4-6-14(9-12)23-3/h4-11H,1-3H3,(H,19,21). The normalized spacial score (nSPS) is 11.0. The van der Waals surface area contributed by atoms with Gasteiger partial charge in [-0.2, -0.15) is 0 Å². The van der Waals surface area contributed by atoms with Gasteiger partial charge in [-0.15, -0.1) is 0 Å². The van der Waals surface area contributed by atoms with E-state index in [-0.39, 0.29) is 11.9 Å². The third-order valence-corrected chi connectivity index (χ3v) is 3.72. The van der Waals surface area contributed by atoms with Gasteiger partial charge in [0.1, 0.15) is 5.75 Å². The number of ether oxygens (including phenoxy) is 1. The van der Waals surface area contributed by atoms with Gasteiger partial charge in [0.15, 0.2) is 5.58 Å². The molecule has 124 valence electrons. The molecule has 0 atom stereocenters. The molecular weight excluding hydrogens is 308 g/mol. The quantitative estimate of drug-likeness (QED) is 0.797. The molecular formula is C18H18N2O4. The van der Waals surface area contributed by atoms with Crippen molar-refractivity contribution in [3.05, 3.63) is 58.6 Å². The minimum Gasteiger partial charge on any atom is -0.497 e. The Labute approximate surface area is 138 Å². The maximum atomic E-state index is 12.3. The minimum atomic E-state index is -0.406. The van der Waals surface area contributed by atoms with Crippen molar-refractivity contribution in [3.8, 4) is 5.75 Å². The Morgan fingerprint density at radius 1 is 1.21 bits per heavy atom. The summed E-state index contributed by atoms with van der Waals surface area (Å²) in [5, 5.41) is 2.79. The van der Waals surface area contributed by atoms with Gasteiger partial charge in [0.2, 0.25) is 0 Å². The van der Waals surface area contributed by atoms with Crippen LogP contribution in [0.2, 0.25) is 0 Å². The van der Waals surface area contributed by atoms with Crippen LogP contribution in [0.25, 0.3) is 11.1 Å². The zero-order chi connectivity index (χ0) is 17.3. The number of oxazole rings is 1. The number of hydrogen-bond donors (Lipinski definition) is 1. The first-order valence-electron chi connectivity index (χ1n) is 7.60. The van der Waals surface area contributed by atoms with E-state index < -0.39 is 5.76 Å². The molecule has 3 aromatic rings. The molecule has 24 heavy (non-hydrogen) atoms. The van der Waals surface area contributed by atoms with Crippen molar-refractivity contribution >= 4 is 22.7 Å². The minimum absolute atomic E-state index is 0.00373. The summed E-state index contributed by atoms with van der Waals surface area (Å²) in [7, 11) is 1.55. The number of nitrogens with one attached hydrogen (secondary N) is 1. The van der Waals surface area contributed by atoms with Crippen molar-refractivity contribution in [2.75, 3.05) is 12.4 Å². The van der Waals surface area contributed by atoms with Crippen LogP contribution in [0, 0.1) is 0 Å². The predicted molar refractivity (Wildman–Crippen MR) is 91.8 cm³/mol. The Hall–Kier alpha value is -3.02. The molecule has 0 saturated heterocycles. The molecule has 0 aliphatic heterocycles. The highest BCUT2D eigenvalue weighted by atomic mass is 16.5. The Morgan fingerprint density at radius 3 is 2.71 bits per heavy atom. The maximum Gasteiger partial charge on any atom is 0.420 e.